The average Bonchev–Trinajstić information content (AvgIpc) is 3.52. The van der Waals surface area contributed by atoms with E-state index in [1.807, 2.05) is 48.5 Å². The van der Waals surface area contributed by atoms with Crippen LogP contribution in [0.2, 0.25) is 0 Å². The summed E-state index contributed by atoms with van der Waals surface area (Å²) in [5, 5.41) is 24.8. The second kappa shape index (κ2) is 9.96. The van der Waals surface area contributed by atoms with Gasteiger partial charge in [-0.15, -0.1) is 10.2 Å². The Morgan fingerprint density at radius 3 is 2.47 bits per heavy atom. The topological polar surface area (TPSA) is 130 Å². The van der Waals surface area contributed by atoms with Gasteiger partial charge in [-0.05, 0) is 42.2 Å². The summed E-state index contributed by atoms with van der Waals surface area (Å²) in [7, 11) is 0. The summed E-state index contributed by atoms with van der Waals surface area (Å²) in [4.78, 5) is 20.3. The molecule has 0 atom stereocenters. The zero-order chi connectivity index (χ0) is 24.1. The van der Waals surface area contributed by atoms with Crippen molar-refractivity contribution in [1.82, 2.24) is 30.6 Å². The first kappa shape index (κ1) is 23.3. The van der Waals surface area contributed by atoms with E-state index in [9.17, 15) is 9.90 Å². The van der Waals surface area contributed by atoms with Crippen LogP contribution in [0.5, 0.6) is 0 Å². The van der Waals surface area contributed by atoms with Gasteiger partial charge in [0.15, 0.2) is 5.69 Å². The number of benzene rings is 2. The SMILES string of the molecule is CCCCc1nc(C(=O)OCc2ccc(-c3ccccc3-c3nn[nH]n3)cc2)c(C(C)(C)O)[nH]1. The largest absolute Gasteiger partial charge is 0.456 e. The van der Waals surface area contributed by atoms with Crippen molar-refractivity contribution in [3.63, 3.8) is 0 Å². The molecule has 0 unspecified atom stereocenters. The van der Waals surface area contributed by atoms with Crippen molar-refractivity contribution in [3.8, 4) is 22.5 Å². The normalized spacial score (nSPS) is 11.5. The first-order valence-electron chi connectivity index (χ1n) is 11.3. The molecule has 3 N–H and O–H groups in total. The Bertz CT molecular complexity index is 1240. The minimum atomic E-state index is -1.24. The Balaban J connectivity index is 1.48. The lowest BCUT2D eigenvalue weighted by Crippen LogP contribution is -2.21. The average molecular weight is 461 g/mol. The number of carbonyl (C=O) groups is 1. The monoisotopic (exact) mass is 460 g/mol. The van der Waals surface area contributed by atoms with Crippen LogP contribution >= 0.6 is 0 Å². The van der Waals surface area contributed by atoms with Crippen LogP contribution in [0.4, 0.5) is 0 Å². The van der Waals surface area contributed by atoms with Gasteiger partial charge in [0.1, 0.15) is 18.0 Å². The number of aliphatic hydroxyl groups is 1. The maximum absolute atomic E-state index is 12.8. The van der Waals surface area contributed by atoms with Crippen molar-refractivity contribution in [2.24, 2.45) is 0 Å². The number of H-pyrrole nitrogens is 2. The predicted molar refractivity (Wildman–Crippen MR) is 127 cm³/mol. The molecule has 0 spiro atoms. The Morgan fingerprint density at radius 2 is 1.82 bits per heavy atom. The van der Waals surface area contributed by atoms with Gasteiger partial charge in [-0.25, -0.2) is 9.78 Å². The second-order valence-electron chi connectivity index (χ2n) is 8.62. The van der Waals surface area contributed by atoms with Gasteiger partial charge < -0.3 is 14.8 Å². The van der Waals surface area contributed by atoms with Gasteiger partial charge in [0.25, 0.3) is 0 Å². The lowest BCUT2D eigenvalue weighted by Gasteiger charge is -2.16. The number of carbonyl (C=O) groups excluding carboxylic acids is 1. The molecule has 0 saturated carbocycles. The Kier molecular flexibility index (Phi) is 6.83. The number of aromatic amines is 2. The summed E-state index contributed by atoms with van der Waals surface area (Å²) in [5.41, 5.74) is 2.92. The van der Waals surface area contributed by atoms with E-state index < -0.39 is 11.6 Å². The van der Waals surface area contributed by atoms with Crippen molar-refractivity contribution >= 4 is 5.97 Å². The minimum Gasteiger partial charge on any atom is -0.456 e. The van der Waals surface area contributed by atoms with E-state index in [0.717, 1.165) is 35.1 Å². The van der Waals surface area contributed by atoms with Gasteiger partial charge in [-0.2, -0.15) is 5.21 Å². The van der Waals surface area contributed by atoms with Gasteiger partial charge >= 0.3 is 5.97 Å². The van der Waals surface area contributed by atoms with Crippen molar-refractivity contribution in [2.75, 3.05) is 0 Å². The van der Waals surface area contributed by atoms with Crippen LogP contribution < -0.4 is 0 Å². The first-order chi connectivity index (χ1) is 16.4. The molecule has 9 nitrogen and oxygen atoms in total. The number of unbranched alkanes of at least 4 members (excludes halogenated alkanes) is 1. The molecule has 176 valence electrons. The maximum atomic E-state index is 12.8. The van der Waals surface area contributed by atoms with E-state index in [4.69, 9.17) is 4.74 Å². The highest BCUT2D eigenvalue weighted by molar-refractivity contribution is 5.89. The summed E-state index contributed by atoms with van der Waals surface area (Å²) in [6.45, 7) is 5.41. The zero-order valence-corrected chi connectivity index (χ0v) is 19.5. The van der Waals surface area contributed by atoms with Crippen molar-refractivity contribution in [2.45, 2.75) is 52.2 Å². The molecular weight excluding hydrogens is 432 g/mol. The molecule has 2 heterocycles. The second-order valence-corrected chi connectivity index (χ2v) is 8.62. The van der Waals surface area contributed by atoms with Gasteiger partial charge in [0.05, 0.1) is 5.69 Å². The molecule has 0 bridgehead atoms. The summed E-state index contributed by atoms with van der Waals surface area (Å²) in [6.07, 6.45) is 2.66. The highest BCUT2D eigenvalue weighted by Gasteiger charge is 2.29. The molecule has 0 saturated heterocycles. The fourth-order valence-electron chi connectivity index (χ4n) is 3.68. The molecule has 2 aromatic heterocycles. The molecule has 4 aromatic rings. The molecule has 0 aliphatic heterocycles. The standard InChI is InChI=1S/C25H28N6O3/c1-4-5-10-20-26-21(22(27-20)25(2,3)33)24(32)34-15-16-11-13-17(14-12-16)18-8-6-7-9-19(18)23-28-30-31-29-23/h6-9,11-14,33H,4-5,10,15H2,1-3H3,(H,26,27)(H,28,29,30,31). The number of hydrogen-bond acceptors (Lipinski definition) is 7. The van der Waals surface area contributed by atoms with E-state index in [2.05, 4.69) is 37.5 Å². The summed E-state index contributed by atoms with van der Waals surface area (Å²) in [6, 6.07) is 15.5. The number of nitrogens with one attached hydrogen (secondary N) is 2. The lowest BCUT2D eigenvalue weighted by molar-refractivity contribution is 0.0428. The molecule has 0 aliphatic rings. The van der Waals surface area contributed by atoms with Crippen molar-refractivity contribution in [3.05, 3.63) is 71.3 Å². The summed E-state index contributed by atoms with van der Waals surface area (Å²) in [5.74, 6) is 0.631. The van der Waals surface area contributed by atoms with Crippen LogP contribution in [0.3, 0.4) is 0 Å². The first-order valence-corrected chi connectivity index (χ1v) is 11.3. The van der Waals surface area contributed by atoms with Crippen molar-refractivity contribution < 1.29 is 14.6 Å². The number of hydrogen-bond donors (Lipinski definition) is 3. The predicted octanol–water partition coefficient (Wildman–Crippen LogP) is 4.18. The van der Waals surface area contributed by atoms with Crippen LogP contribution in [0.1, 0.15) is 61.2 Å². The highest BCUT2D eigenvalue weighted by Crippen LogP contribution is 2.30. The van der Waals surface area contributed by atoms with Gasteiger partial charge in [-0.1, -0.05) is 61.9 Å². The summed E-state index contributed by atoms with van der Waals surface area (Å²) < 4.78 is 5.53. The van der Waals surface area contributed by atoms with Crippen LogP contribution in [-0.2, 0) is 23.4 Å². The third-order valence-corrected chi connectivity index (χ3v) is 5.47. The number of nitrogens with zero attached hydrogens (tertiary/aromatic N) is 4. The molecule has 34 heavy (non-hydrogen) atoms. The Labute approximate surface area is 197 Å². The molecule has 2 aromatic carbocycles. The smallest absolute Gasteiger partial charge is 0.359 e. The fourth-order valence-corrected chi connectivity index (χ4v) is 3.68. The van der Waals surface area contributed by atoms with Crippen LogP contribution in [-0.4, -0.2) is 41.7 Å². The van der Waals surface area contributed by atoms with Crippen LogP contribution in [0, 0.1) is 0 Å². The van der Waals surface area contributed by atoms with E-state index in [0.29, 0.717) is 23.8 Å². The fraction of sp³-hybridized carbons (Fsp3) is 0.320. The molecule has 0 radical (unpaired) electrons. The Morgan fingerprint density at radius 1 is 1.09 bits per heavy atom. The van der Waals surface area contributed by atoms with E-state index in [1.54, 1.807) is 13.8 Å². The van der Waals surface area contributed by atoms with E-state index in [1.165, 1.54) is 0 Å². The van der Waals surface area contributed by atoms with E-state index in [-0.39, 0.29) is 12.3 Å². The van der Waals surface area contributed by atoms with Gasteiger partial charge in [-0.3, -0.25) is 0 Å². The molecule has 0 fully saturated rings. The van der Waals surface area contributed by atoms with Crippen LogP contribution in [0.25, 0.3) is 22.5 Å². The maximum Gasteiger partial charge on any atom is 0.359 e. The number of aromatic nitrogens is 6. The van der Waals surface area contributed by atoms with Crippen LogP contribution in [0.15, 0.2) is 48.5 Å². The number of esters is 1. The van der Waals surface area contributed by atoms with Gasteiger partial charge in [0.2, 0.25) is 5.82 Å². The third-order valence-electron chi connectivity index (χ3n) is 5.47. The number of aryl methyl sites for hydroxylation is 1. The number of tetrazole rings is 1. The van der Waals surface area contributed by atoms with Crippen molar-refractivity contribution in [1.29, 1.82) is 0 Å². The highest BCUT2D eigenvalue weighted by atomic mass is 16.5. The third kappa shape index (κ3) is 5.20. The quantitative estimate of drug-likeness (QED) is 0.319. The molecule has 9 heteroatoms. The summed E-state index contributed by atoms with van der Waals surface area (Å²) >= 11 is 0. The number of rotatable bonds is 9. The Hall–Kier alpha value is -3.85. The molecule has 4 rings (SSSR count). The number of imidazole rings is 1. The molecular formula is C25H28N6O3. The zero-order valence-electron chi connectivity index (χ0n) is 19.5. The minimum absolute atomic E-state index is 0.0913. The van der Waals surface area contributed by atoms with E-state index >= 15 is 0 Å². The lowest BCUT2D eigenvalue weighted by atomic mass is 9.98. The molecule has 0 aliphatic carbocycles. The van der Waals surface area contributed by atoms with Gasteiger partial charge in [0, 0.05) is 12.0 Å². The molecule has 0 amide bonds. The number of ether oxygens (including phenoxy) is 1.